The number of nitrogens with zero attached hydrogens (tertiary/aromatic N) is 2. The number of hydrogen-bond acceptors (Lipinski definition) is 2. The minimum Gasteiger partial charge on any atom is -0.313 e. The zero-order valence-electron chi connectivity index (χ0n) is 12.8. The SMILES string of the molecule is Cn1cc(CCNC2CCCCC2c2ccccc2)cn1. The van der Waals surface area contributed by atoms with E-state index >= 15 is 0 Å². The fourth-order valence-corrected chi connectivity index (χ4v) is 3.48. The van der Waals surface area contributed by atoms with Gasteiger partial charge in [0, 0.05) is 19.3 Å². The molecule has 1 N–H and O–H groups in total. The molecule has 2 atom stereocenters. The van der Waals surface area contributed by atoms with Gasteiger partial charge in [0.15, 0.2) is 0 Å². The van der Waals surface area contributed by atoms with Crippen molar-refractivity contribution in [1.82, 2.24) is 15.1 Å². The maximum Gasteiger partial charge on any atom is 0.0522 e. The van der Waals surface area contributed by atoms with Gasteiger partial charge < -0.3 is 5.32 Å². The predicted molar refractivity (Wildman–Crippen MR) is 86.4 cm³/mol. The van der Waals surface area contributed by atoms with Crippen molar-refractivity contribution in [3.63, 3.8) is 0 Å². The summed E-state index contributed by atoms with van der Waals surface area (Å²) < 4.78 is 1.88. The zero-order chi connectivity index (χ0) is 14.5. The van der Waals surface area contributed by atoms with Crippen LogP contribution in [0, 0.1) is 0 Å². The van der Waals surface area contributed by atoms with Crippen molar-refractivity contribution in [3.05, 3.63) is 53.9 Å². The first-order valence-corrected chi connectivity index (χ1v) is 8.09. The molecule has 0 aliphatic heterocycles. The molecule has 1 saturated carbocycles. The van der Waals surface area contributed by atoms with Crippen LogP contribution in [-0.4, -0.2) is 22.4 Å². The number of benzene rings is 1. The number of hydrogen-bond donors (Lipinski definition) is 1. The first-order chi connectivity index (χ1) is 10.3. The van der Waals surface area contributed by atoms with Crippen LogP contribution in [0.4, 0.5) is 0 Å². The Hall–Kier alpha value is -1.61. The molecule has 1 heterocycles. The van der Waals surface area contributed by atoms with Gasteiger partial charge in [0.25, 0.3) is 0 Å². The molecular formula is C18H25N3. The Morgan fingerprint density at radius 2 is 2.00 bits per heavy atom. The first-order valence-electron chi connectivity index (χ1n) is 8.09. The van der Waals surface area contributed by atoms with Crippen molar-refractivity contribution in [2.75, 3.05) is 6.54 Å². The molecule has 0 bridgehead atoms. The molecule has 0 saturated heterocycles. The lowest BCUT2D eigenvalue weighted by atomic mass is 9.80. The summed E-state index contributed by atoms with van der Waals surface area (Å²) in [5.41, 5.74) is 2.81. The third-order valence-corrected chi connectivity index (χ3v) is 4.57. The molecule has 0 amide bonds. The summed E-state index contributed by atoms with van der Waals surface area (Å²) in [6.07, 6.45) is 10.5. The van der Waals surface area contributed by atoms with Gasteiger partial charge in [-0.15, -0.1) is 0 Å². The topological polar surface area (TPSA) is 29.9 Å². The summed E-state index contributed by atoms with van der Waals surface area (Å²) in [5.74, 6) is 0.675. The summed E-state index contributed by atoms with van der Waals surface area (Å²) in [7, 11) is 1.98. The van der Waals surface area contributed by atoms with Crippen molar-refractivity contribution in [2.24, 2.45) is 7.05 Å². The Kier molecular flexibility index (Phi) is 4.71. The van der Waals surface area contributed by atoms with Gasteiger partial charge in [0.05, 0.1) is 6.20 Å². The molecular weight excluding hydrogens is 258 g/mol. The zero-order valence-corrected chi connectivity index (χ0v) is 12.8. The minimum atomic E-state index is 0.623. The number of rotatable bonds is 5. The highest BCUT2D eigenvalue weighted by Gasteiger charge is 2.25. The number of aromatic nitrogens is 2. The molecule has 2 unspecified atom stereocenters. The summed E-state index contributed by atoms with van der Waals surface area (Å²) in [4.78, 5) is 0. The standard InChI is InChI=1S/C18H25N3/c1-21-14-15(13-20-21)11-12-19-18-10-6-5-9-17(18)16-7-3-2-4-8-16/h2-4,7-8,13-14,17-19H,5-6,9-12H2,1H3. The molecule has 1 fully saturated rings. The highest BCUT2D eigenvalue weighted by atomic mass is 15.2. The van der Waals surface area contributed by atoms with Crippen LogP contribution in [0.2, 0.25) is 0 Å². The molecule has 112 valence electrons. The van der Waals surface area contributed by atoms with E-state index in [1.807, 2.05) is 17.9 Å². The normalized spacial score (nSPS) is 22.3. The van der Waals surface area contributed by atoms with Gasteiger partial charge in [0.2, 0.25) is 0 Å². The van der Waals surface area contributed by atoms with Crippen LogP contribution in [0.25, 0.3) is 0 Å². The van der Waals surface area contributed by atoms with E-state index in [9.17, 15) is 0 Å². The molecule has 1 aromatic carbocycles. The maximum atomic E-state index is 4.23. The molecule has 1 aromatic heterocycles. The molecule has 3 nitrogen and oxygen atoms in total. The monoisotopic (exact) mass is 283 g/mol. The molecule has 1 aliphatic carbocycles. The van der Waals surface area contributed by atoms with Crippen LogP contribution in [0.3, 0.4) is 0 Å². The van der Waals surface area contributed by atoms with E-state index in [1.54, 1.807) is 0 Å². The summed E-state index contributed by atoms with van der Waals surface area (Å²) in [5, 5.41) is 8.02. The lowest BCUT2D eigenvalue weighted by molar-refractivity contribution is 0.329. The van der Waals surface area contributed by atoms with E-state index in [4.69, 9.17) is 0 Å². The van der Waals surface area contributed by atoms with Crippen molar-refractivity contribution in [1.29, 1.82) is 0 Å². The van der Waals surface area contributed by atoms with Gasteiger partial charge >= 0.3 is 0 Å². The largest absolute Gasteiger partial charge is 0.313 e. The van der Waals surface area contributed by atoms with Crippen LogP contribution in [0.15, 0.2) is 42.7 Å². The second-order valence-electron chi connectivity index (χ2n) is 6.13. The van der Waals surface area contributed by atoms with Crippen molar-refractivity contribution < 1.29 is 0 Å². The third-order valence-electron chi connectivity index (χ3n) is 4.57. The number of nitrogens with one attached hydrogen (secondary N) is 1. The Labute approximate surface area is 127 Å². The van der Waals surface area contributed by atoms with E-state index in [1.165, 1.54) is 36.8 Å². The first kappa shape index (κ1) is 14.3. The molecule has 3 rings (SSSR count). The highest BCUT2D eigenvalue weighted by Crippen LogP contribution is 2.32. The third kappa shape index (κ3) is 3.73. The molecule has 1 aliphatic rings. The number of aryl methyl sites for hydroxylation is 1. The average Bonchev–Trinajstić information content (AvgIpc) is 2.94. The summed E-state index contributed by atoms with van der Waals surface area (Å²) in [6.45, 7) is 1.04. The van der Waals surface area contributed by atoms with E-state index in [0.29, 0.717) is 12.0 Å². The predicted octanol–water partition coefficient (Wildman–Crippen LogP) is 3.28. The van der Waals surface area contributed by atoms with Gasteiger partial charge in [0.1, 0.15) is 0 Å². The highest BCUT2D eigenvalue weighted by molar-refractivity contribution is 5.22. The molecule has 2 aromatic rings. The van der Waals surface area contributed by atoms with E-state index in [2.05, 4.69) is 46.9 Å². The molecule has 0 radical (unpaired) electrons. The second-order valence-corrected chi connectivity index (χ2v) is 6.13. The van der Waals surface area contributed by atoms with Crippen LogP contribution in [0.1, 0.15) is 42.7 Å². The fraction of sp³-hybridized carbons (Fsp3) is 0.500. The Balaban J connectivity index is 1.57. The van der Waals surface area contributed by atoms with Crippen molar-refractivity contribution >= 4 is 0 Å². The van der Waals surface area contributed by atoms with Crippen LogP contribution >= 0.6 is 0 Å². The summed E-state index contributed by atoms with van der Waals surface area (Å²) >= 11 is 0. The van der Waals surface area contributed by atoms with E-state index in [-0.39, 0.29) is 0 Å². The van der Waals surface area contributed by atoms with Crippen LogP contribution < -0.4 is 5.32 Å². The Morgan fingerprint density at radius 3 is 2.76 bits per heavy atom. The van der Waals surface area contributed by atoms with Gasteiger partial charge in [-0.3, -0.25) is 4.68 Å². The molecule has 0 spiro atoms. The van der Waals surface area contributed by atoms with E-state index < -0.39 is 0 Å². The quantitative estimate of drug-likeness (QED) is 0.912. The minimum absolute atomic E-state index is 0.623. The molecule has 3 heteroatoms. The van der Waals surface area contributed by atoms with Crippen LogP contribution in [-0.2, 0) is 13.5 Å². The van der Waals surface area contributed by atoms with Crippen molar-refractivity contribution in [3.8, 4) is 0 Å². The Bertz CT molecular complexity index is 547. The molecule has 21 heavy (non-hydrogen) atoms. The van der Waals surface area contributed by atoms with Gasteiger partial charge in [-0.1, -0.05) is 43.2 Å². The lowest BCUT2D eigenvalue weighted by Gasteiger charge is -2.32. The maximum absolute atomic E-state index is 4.23. The summed E-state index contributed by atoms with van der Waals surface area (Å²) in [6, 6.07) is 11.6. The van der Waals surface area contributed by atoms with Gasteiger partial charge in [-0.2, -0.15) is 5.10 Å². The fourth-order valence-electron chi connectivity index (χ4n) is 3.48. The van der Waals surface area contributed by atoms with Gasteiger partial charge in [-0.25, -0.2) is 0 Å². The average molecular weight is 283 g/mol. The van der Waals surface area contributed by atoms with Crippen LogP contribution in [0.5, 0.6) is 0 Å². The Morgan fingerprint density at radius 1 is 1.19 bits per heavy atom. The lowest BCUT2D eigenvalue weighted by Crippen LogP contribution is -2.38. The second kappa shape index (κ2) is 6.90. The van der Waals surface area contributed by atoms with Gasteiger partial charge in [-0.05, 0) is 42.9 Å². The van der Waals surface area contributed by atoms with E-state index in [0.717, 1.165) is 13.0 Å². The van der Waals surface area contributed by atoms with Crippen molar-refractivity contribution in [2.45, 2.75) is 44.1 Å². The smallest absolute Gasteiger partial charge is 0.0522 e.